The van der Waals surface area contributed by atoms with Crippen molar-refractivity contribution in [2.24, 2.45) is 0 Å². The number of carbonyl (C=O) groups excluding carboxylic acids is 2. The van der Waals surface area contributed by atoms with Crippen LogP contribution in [0.15, 0.2) is 0 Å². The van der Waals surface area contributed by atoms with E-state index in [1.165, 1.54) is 7.11 Å². The Morgan fingerprint density at radius 3 is 2.40 bits per heavy atom. The molecule has 0 aliphatic rings. The minimum atomic E-state index is -0.829. The van der Waals surface area contributed by atoms with E-state index in [9.17, 15) is 9.59 Å². The van der Waals surface area contributed by atoms with Crippen molar-refractivity contribution < 1.29 is 19.1 Å². The number of ether oxygens (including phenoxy) is 2. The van der Waals surface area contributed by atoms with Crippen LogP contribution in [0, 0.1) is 0 Å². The molecule has 0 aliphatic carbocycles. The predicted molar refractivity (Wildman–Crippen MR) is 33.5 cm³/mol. The molecule has 4 nitrogen and oxygen atoms in total. The van der Waals surface area contributed by atoms with Gasteiger partial charge >= 0.3 is 5.97 Å². The van der Waals surface area contributed by atoms with E-state index in [4.69, 9.17) is 0 Å². The van der Waals surface area contributed by atoms with E-state index in [0.717, 1.165) is 0 Å². The van der Waals surface area contributed by atoms with Crippen molar-refractivity contribution in [1.29, 1.82) is 0 Å². The minimum Gasteiger partial charge on any atom is -0.460 e. The molecule has 0 unspecified atom stereocenters. The number of hydrogen-bond acceptors (Lipinski definition) is 4. The Bertz CT molecular complexity index is 114. The lowest BCUT2D eigenvalue weighted by molar-refractivity contribution is -0.155. The summed E-state index contributed by atoms with van der Waals surface area (Å²) in [5, 5.41) is 0. The molecule has 0 aromatic rings. The quantitative estimate of drug-likeness (QED) is 0.406. The lowest BCUT2D eigenvalue weighted by Gasteiger charge is -1.97. The van der Waals surface area contributed by atoms with Gasteiger partial charge in [0.25, 0.3) is 5.78 Å². The molecular formula is C6H10O4. The fourth-order valence-electron chi connectivity index (χ4n) is 0.402. The molecule has 0 aromatic heterocycles. The first-order valence-electron chi connectivity index (χ1n) is 2.91. The van der Waals surface area contributed by atoms with Crippen molar-refractivity contribution in [3.63, 3.8) is 0 Å². The minimum absolute atomic E-state index is 0.209. The molecule has 0 saturated carbocycles. The van der Waals surface area contributed by atoms with E-state index >= 15 is 0 Å². The average molecular weight is 146 g/mol. The number of Topliss-reactive ketones (excluding diaryl/α,β-unsaturated/α-hetero) is 1. The first-order chi connectivity index (χ1) is 4.72. The van der Waals surface area contributed by atoms with Gasteiger partial charge in [0.15, 0.2) is 0 Å². The van der Waals surface area contributed by atoms with Crippen LogP contribution in [0.2, 0.25) is 0 Å². The van der Waals surface area contributed by atoms with Gasteiger partial charge in [0.05, 0.1) is 6.61 Å². The highest BCUT2D eigenvalue weighted by Crippen LogP contribution is 1.81. The smallest absolute Gasteiger partial charge is 0.377 e. The van der Waals surface area contributed by atoms with Crippen LogP contribution in [0.3, 0.4) is 0 Å². The number of hydrogen-bond donors (Lipinski definition) is 0. The van der Waals surface area contributed by atoms with Crippen LogP contribution in [-0.4, -0.2) is 32.1 Å². The Labute approximate surface area is 59.1 Å². The molecule has 10 heavy (non-hydrogen) atoms. The maximum atomic E-state index is 10.5. The van der Waals surface area contributed by atoms with Crippen LogP contribution in [0.4, 0.5) is 0 Å². The van der Waals surface area contributed by atoms with Crippen molar-refractivity contribution in [2.75, 3.05) is 20.3 Å². The zero-order valence-electron chi connectivity index (χ0n) is 6.05. The Balaban J connectivity index is 3.60. The first-order valence-corrected chi connectivity index (χ1v) is 2.91. The molecule has 0 saturated heterocycles. The number of ketones is 1. The molecule has 0 spiro atoms. The Kier molecular flexibility index (Phi) is 4.49. The summed E-state index contributed by atoms with van der Waals surface area (Å²) in [6.45, 7) is 1.64. The van der Waals surface area contributed by atoms with Crippen molar-refractivity contribution in [3.8, 4) is 0 Å². The molecule has 4 heteroatoms. The summed E-state index contributed by atoms with van der Waals surface area (Å²) in [4.78, 5) is 21.0. The lowest BCUT2D eigenvalue weighted by Crippen LogP contribution is -2.21. The molecule has 0 aromatic carbocycles. The molecule has 0 rings (SSSR count). The second-order valence-electron chi connectivity index (χ2n) is 1.58. The number of esters is 1. The normalized spacial score (nSPS) is 9.00. The average Bonchev–Trinajstić information content (AvgIpc) is 1.89. The van der Waals surface area contributed by atoms with Gasteiger partial charge in [0.1, 0.15) is 6.61 Å². The summed E-state index contributed by atoms with van der Waals surface area (Å²) < 4.78 is 8.81. The van der Waals surface area contributed by atoms with Crippen molar-refractivity contribution in [3.05, 3.63) is 0 Å². The maximum Gasteiger partial charge on any atom is 0.377 e. The van der Waals surface area contributed by atoms with Gasteiger partial charge in [-0.25, -0.2) is 4.79 Å². The van der Waals surface area contributed by atoms with Crippen molar-refractivity contribution >= 4 is 11.8 Å². The van der Waals surface area contributed by atoms with E-state index in [0.29, 0.717) is 0 Å². The third-order valence-corrected chi connectivity index (χ3v) is 0.779. The zero-order chi connectivity index (χ0) is 7.98. The van der Waals surface area contributed by atoms with E-state index in [2.05, 4.69) is 9.47 Å². The van der Waals surface area contributed by atoms with E-state index in [1.54, 1.807) is 6.92 Å². The highest BCUT2D eigenvalue weighted by atomic mass is 16.5. The zero-order valence-corrected chi connectivity index (χ0v) is 6.05. The second-order valence-corrected chi connectivity index (χ2v) is 1.58. The number of rotatable bonds is 4. The van der Waals surface area contributed by atoms with Gasteiger partial charge in [-0.05, 0) is 6.92 Å². The SMILES string of the molecule is CCOC(=O)C(=O)COC. The van der Waals surface area contributed by atoms with E-state index < -0.39 is 11.8 Å². The van der Waals surface area contributed by atoms with Gasteiger partial charge in [-0.1, -0.05) is 0 Å². The summed E-state index contributed by atoms with van der Waals surface area (Å²) in [6, 6.07) is 0. The third-order valence-electron chi connectivity index (χ3n) is 0.779. The van der Waals surface area contributed by atoms with Crippen LogP contribution < -0.4 is 0 Å². The van der Waals surface area contributed by atoms with Crippen LogP contribution in [0.5, 0.6) is 0 Å². The maximum absolute atomic E-state index is 10.5. The summed E-state index contributed by atoms with van der Waals surface area (Å²) in [5.41, 5.74) is 0. The molecule has 0 N–H and O–H groups in total. The topological polar surface area (TPSA) is 52.6 Å². The highest BCUT2D eigenvalue weighted by molar-refractivity contribution is 6.34. The van der Waals surface area contributed by atoms with E-state index in [1.807, 2.05) is 0 Å². The fraction of sp³-hybridized carbons (Fsp3) is 0.667. The molecule has 0 fully saturated rings. The Morgan fingerprint density at radius 1 is 1.40 bits per heavy atom. The van der Waals surface area contributed by atoms with Gasteiger partial charge in [0.2, 0.25) is 0 Å². The van der Waals surface area contributed by atoms with Gasteiger partial charge in [0, 0.05) is 7.11 Å². The number of carbonyl (C=O) groups is 2. The molecule has 0 amide bonds. The lowest BCUT2D eigenvalue weighted by atomic mass is 10.4. The first kappa shape index (κ1) is 9.10. The van der Waals surface area contributed by atoms with Gasteiger partial charge in [-0.3, -0.25) is 4.79 Å². The summed E-state index contributed by atoms with van der Waals surface area (Å²) in [5.74, 6) is -1.48. The Hall–Kier alpha value is -0.900. The molecular weight excluding hydrogens is 136 g/mol. The largest absolute Gasteiger partial charge is 0.460 e. The Morgan fingerprint density at radius 2 is 2.00 bits per heavy atom. The molecule has 0 bridgehead atoms. The van der Waals surface area contributed by atoms with Crippen LogP contribution >= 0.6 is 0 Å². The molecule has 58 valence electrons. The monoisotopic (exact) mass is 146 g/mol. The molecule has 0 atom stereocenters. The van der Waals surface area contributed by atoms with Gasteiger partial charge < -0.3 is 9.47 Å². The highest BCUT2D eigenvalue weighted by Gasteiger charge is 2.12. The van der Waals surface area contributed by atoms with E-state index in [-0.39, 0.29) is 13.2 Å². The third kappa shape index (κ3) is 3.19. The van der Waals surface area contributed by atoms with Gasteiger partial charge in [-0.2, -0.15) is 0 Å². The fourth-order valence-corrected chi connectivity index (χ4v) is 0.402. The molecule has 0 heterocycles. The van der Waals surface area contributed by atoms with Crippen molar-refractivity contribution in [2.45, 2.75) is 6.92 Å². The number of methoxy groups -OCH3 is 1. The van der Waals surface area contributed by atoms with Crippen LogP contribution in [0.25, 0.3) is 0 Å². The molecule has 0 radical (unpaired) electrons. The van der Waals surface area contributed by atoms with Gasteiger partial charge in [-0.15, -0.1) is 0 Å². The van der Waals surface area contributed by atoms with Crippen LogP contribution in [-0.2, 0) is 19.1 Å². The predicted octanol–water partition coefficient (Wildman–Crippen LogP) is -0.235. The standard InChI is InChI=1S/C6H10O4/c1-3-10-6(8)5(7)4-9-2/h3-4H2,1-2H3. The van der Waals surface area contributed by atoms with Crippen LogP contribution in [0.1, 0.15) is 6.92 Å². The summed E-state index contributed by atoms with van der Waals surface area (Å²) >= 11 is 0. The summed E-state index contributed by atoms with van der Waals surface area (Å²) in [7, 11) is 1.34. The second kappa shape index (κ2) is 4.93. The molecule has 0 aliphatic heterocycles. The summed E-state index contributed by atoms with van der Waals surface area (Å²) in [6.07, 6.45) is 0. The van der Waals surface area contributed by atoms with Crippen molar-refractivity contribution in [1.82, 2.24) is 0 Å².